The van der Waals surface area contributed by atoms with Crippen LogP contribution in [0.4, 0.5) is 0 Å². The fourth-order valence-corrected chi connectivity index (χ4v) is 11.5. The maximum atomic E-state index is 2.42. The van der Waals surface area contributed by atoms with E-state index < -0.39 is 15.8 Å². The second-order valence-electron chi connectivity index (χ2n) is 11.4. The van der Waals surface area contributed by atoms with Crippen LogP contribution in [-0.2, 0) is 20.4 Å². The van der Waals surface area contributed by atoms with Gasteiger partial charge in [-0.15, -0.1) is 0 Å². The van der Waals surface area contributed by atoms with Crippen LogP contribution in [0.15, 0.2) is 194 Å². The third-order valence-electron chi connectivity index (χ3n) is 8.60. The molecule has 0 spiro atoms. The first-order valence-electron chi connectivity index (χ1n) is 15.7. The van der Waals surface area contributed by atoms with Gasteiger partial charge < -0.3 is 14.9 Å². The standard InChI is InChI=1S/C44H32P2.2CH3.Pd/c1-5-19-35(20-6-1)45(36-21-7-2-8-22-36)41-31-29-33-17-13-15-27-39(33)43(41)44-40-28-16-14-18-34(40)30-32-42(44)46(37-23-9-3-10-24-37)38-25-11-4-12-26-38;;;/h1-32H;2*1H3;/q;2*-1;+2. The quantitative estimate of drug-likeness (QED) is 0.0863. The molecule has 0 atom stereocenters. The van der Waals surface area contributed by atoms with Crippen LogP contribution >= 0.6 is 15.8 Å². The van der Waals surface area contributed by atoms with E-state index in [1.165, 1.54) is 64.5 Å². The van der Waals surface area contributed by atoms with Crippen LogP contribution < -0.4 is 31.8 Å². The molecule has 0 saturated carbocycles. The number of fused-ring (bicyclic) bond motifs is 2. The largest absolute Gasteiger partial charge is 2.00 e. The summed E-state index contributed by atoms with van der Waals surface area (Å²) in [4.78, 5) is 0. The number of rotatable bonds is 7. The maximum absolute atomic E-state index is 2.42. The zero-order valence-electron chi connectivity index (χ0n) is 27.7. The molecule has 0 bridgehead atoms. The van der Waals surface area contributed by atoms with E-state index in [1.807, 2.05) is 0 Å². The predicted octanol–water partition coefficient (Wildman–Crippen LogP) is 10.1. The van der Waals surface area contributed by atoms with Crippen LogP contribution in [0.3, 0.4) is 0 Å². The summed E-state index contributed by atoms with van der Waals surface area (Å²) in [6.07, 6.45) is 0. The average molecular weight is 759 g/mol. The Morgan fingerprint density at radius 3 is 0.837 bits per heavy atom. The van der Waals surface area contributed by atoms with E-state index in [9.17, 15) is 0 Å². The summed E-state index contributed by atoms with van der Waals surface area (Å²) >= 11 is 0. The first-order chi connectivity index (χ1) is 22.9. The zero-order valence-corrected chi connectivity index (χ0v) is 31.0. The van der Waals surface area contributed by atoms with Gasteiger partial charge in [0.05, 0.1) is 0 Å². The molecule has 0 amide bonds. The molecule has 0 unspecified atom stereocenters. The summed E-state index contributed by atoms with van der Waals surface area (Å²) in [6, 6.07) is 71.8. The van der Waals surface area contributed by atoms with Crippen LogP contribution in [-0.4, -0.2) is 0 Å². The smallest absolute Gasteiger partial charge is 0.358 e. The van der Waals surface area contributed by atoms with Crippen molar-refractivity contribution in [2.24, 2.45) is 0 Å². The molecule has 8 rings (SSSR count). The van der Waals surface area contributed by atoms with Crippen molar-refractivity contribution < 1.29 is 20.4 Å². The monoisotopic (exact) mass is 758 g/mol. The fourth-order valence-electron chi connectivity index (χ4n) is 6.58. The molecule has 0 nitrogen and oxygen atoms in total. The van der Waals surface area contributed by atoms with Crippen molar-refractivity contribution in [1.29, 1.82) is 0 Å². The molecule has 8 aromatic carbocycles. The van der Waals surface area contributed by atoms with Crippen molar-refractivity contribution in [3.63, 3.8) is 0 Å². The van der Waals surface area contributed by atoms with E-state index in [-0.39, 0.29) is 35.3 Å². The Kier molecular flexibility index (Phi) is 12.1. The maximum Gasteiger partial charge on any atom is 2.00 e. The molecule has 49 heavy (non-hydrogen) atoms. The topological polar surface area (TPSA) is 0 Å². The third-order valence-corrected chi connectivity index (χ3v) is 13.6. The van der Waals surface area contributed by atoms with Gasteiger partial charge in [-0.3, -0.25) is 0 Å². The summed E-state index contributed by atoms with van der Waals surface area (Å²) in [7, 11) is -1.70. The van der Waals surface area contributed by atoms with Crippen LogP contribution in [0.1, 0.15) is 0 Å². The van der Waals surface area contributed by atoms with Crippen molar-refractivity contribution >= 4 is 69.2 Å². The van der Waals surface area contributed by atoms with E-state index >= 15 is 0 Å². The molecule has 0 fully saturated rings. The van der Waals surface area contributed by atoms with Crippen LogP contribution in [0.25, 0.3) is 32.7 Å². The van der Waals surface area contributed by atoms with Gasteiger partial charge in [0.1, 0.15) is 0 Å². The Hall–Kier alpha value is -4.20. The molecule has 0 heterocycles. The van der Waals surface area contributed by atoms with Gasteiger partial charge in [0, 0.05) is 0 Å². The van der Waals surface area contributed by atoms with Crippen LogP contribution in [0, 0.1) is 14.9 Å². The van der Waals surface area contributed by atoms with E-state index in [1.54, 1.807) is 0 Å². The Morgan fingerprint density at radius 2 is 0.531 bits per heavy atom. The minimum Gasteiger partial charge on any atom is -0.358 e. The average Bonchev–Trinajstić information content (AvgIpc) is 3.14. The molecule has 0 aromatic heterocycles. The first-order valence-corrected chi connectivity index (χ1v) is 18.4. The summed E-state index contributed by atoms with van der Waals surface area (Å²) in [5.41, 5.74) is 2.70. The number of hydrogen-bond acceptors (Lipinski definition) is 0. The molecule has 242 valence electrons. The number of hydrogen-bond donors (Lipinski definition) is 0. The Morgan fingerprint density at radius 1 is 0.265 bits per heavy atom. The minimum absolute atomic E-state index is 0. The van der Waals surface area contributed by atoms with E-state index in [0.29, 0.717) is 0 Å². The molecule has 0 aliphatic heterocycles. The molecule has 3 heteroatoms. The van der Waals surface area contributed by atoms with Crippen LogP contribution in [0.5, 0.6) is 0 Å². The van der Waals surface area contributed by atoms with E-state index in [4.69, 9.17) is 0 Å². The van der Waals surface area contributed by atoms with Gasteiger partial charge in [0.2, 0.25) is 0 Å². The summed E-state index contributed by atoms with van der Waals surface area (Å²) in [6.45, 7) is 0. The fraction of sp³-hybridized carbons (Fsp3) is 0. The first kappa shape index (κ1) is 36.1. The van der Waals surface area contributed by atoms with Crippen molar-refractivity contribution in [2.75, 3.05) is 0 Å². The predicted molar refractivity (Wildman–Crippen MR) is 217 cm³/mol. The molecule has 0 N–H and O–H groups in total. The van der Waals surface area contributed by atoms with E-state index in [0.717, 1.165) is 0 Å². The summed E-state index contributed by atoms with van der Waals surface area (Å²) in [5.74, 6) is 0. The van der Waals surface area contributed by atoms with Gasteiger partial charge in [-0.25, -0.2) is 0 Å². The SMILES string of the molecule is [CH3-].[CH3-].[Pd+2].c1ccc(P(c2ccccc2)c2ccc3ccccc3c2-c2c(P(c3ccccc3)c3ccccc3)ccc3ccccc23)cc1. The van der Waals surface area contributed by atoms with Gasteiger partial charge in [0.25, 0.3) is 0 Å². The molecule has 0 aliphatic carbocycles. The third kappa shape index (κ3) is 7.10. The van der Waals surface area contributed by atoms with Gasteiger partial charge in [0.15, 0.2) is 0 Å². The van der Waals surface area contributed by atoms with Crippen molar-refractivity contribution in [1.82, 2.24) is 0 Å². The minimum atomic E-state index is -0.852. The van der Waals surface area contributed by atoms with Crippen LogP contribution in [0.2, 0.25) is 0 Å². The normalized spacial score (nSPS) is 10.7. The summed E-state index contributed by atoms with van der Waals surface area (Å²) in [5, 5.41) is 13.3. The molecule has 8 aromatic rings. The molecule has 0 saturated heterocycles. The molecular weight excluding hydrogens is 721 g/mol. The van der Waals surface area contributed by atoms with Crippen molar-refractivity contribution in [3.05, 3.63) is 209 Å². The Labute approximate surface area is 308 Å². The summed E-state index contributed by atoms with van der Waals surface area (Å²) < 4.78 is 0. The Bertz CT molecular complexity index is 2010. The zero-order chi connectivity index (χ0) is 30.7. The second kappa shape index (κ2) is 16.5. The van der Waals surface area contributed by atoms with Crippen molar-refractivity contribution in [2.45, 2.75) is 0 Å². The van der Waals surface area contributed by atoms with Gasteiger partial charge in [-0.05, 0) is 80.3 Å². The second-order valence-corrected chi connectivity index (χ2v) is 15.7. The van der Waals surface area contributed by atoms with Crippen molar-refractivity contribution in [3.8, 4) is 11.1 Å². The van der Waals surface area contributed by atoms with Gasteiger partial charge in [-0.2, -0.15) is 0 Å². The van der Waals surface area contributed by atoms with E-state index in [2.05, 4.69) is 194 Å². The number of benzene rings is 8. The van der Waals surface area contributed by atoms with Gasteiger partial charge >= 0.3 is 20.4 Å². The molecular formula is C46H38P2Pd. The Balaban J connectivity index is 0.00000156. The molecule has 0 radical (unpaired) electrons. The van der Waals surface area contributed by atoms with Gasteiger partial charge in [-0.1, -0.05) is 194 Å². The molecule has 0 aliphatic rings.